The molecule has 2 aromatic rings. The minimum atomic E-state index is -0.631. The molecule has 0 fully saturated rings. The van der Waals surface area contributed by atoms with Crippen molar-refractivity contribution in [3.8, 4) is 11.5 Å². The van der Waals surface area contributed by atoms with Crippen LogP contribution in [0.4, 0.5) is 4.39 Å². The van der Waals surface area contributed by atoms with E-state index in [9.17, 15) is 9.18 Å². The average molecular weight is 376 g/mol. The van der Waals surface area contributed by atoms with Gasteiger partial charge in [0.1, 0.15) is 5.82 Å². The first kappa shape index (κ1) is 17.9. The van der Waals surface area contributed by atoms with Crippen molar-refractivity contribution in [2.45, 2.75) is 6.92 Å². The topological polar surface area (TPSA) is 57.1 Å². The number of halogens is 2. The summed E-state index contributed by atoms with van der Waals surface area (Å²) in [5.74, 6) is -0.164. The van der Waals surface area contributed by atoms with Gasteiger partial charge in [-0.2, -0.15) is 0 Å². The number of carbonyl (C=O) groups excluding carboxylic acids is 1. The standard InChI is InChI=1S/C19H15ClFNO4/c1-3-25-17-14(20)7-11(9-16(17)24-2)8-15-19(23)26-18(22-15)12-5-4-6-13(21)10-12/h4-10H,3H2,1-2H3/b15-8+. The summed E-state index contributed by atoms with van der Waals surface area (Å²) in [6, 6.07) is 8.96. The zero-order valence-corrected chi connectivity index (χ0v) is 14.8. The van der Waals surface area contributed by atoms with Crippen molar-refractivity contribution in [2.75, 3.05) is 13.7 Å². The van der Waals surface area contributed by atoms with Crippen LogP contribution in [0.15, 0.2) is 47.1 Å². The highest BCUT2D eigenvalue weighted by atomic mass is 35.5. The maximum absolute atomic E-state index is 13.3. The van der Waals surface area contributed by atoms with Crippen LogP contribution in [0.3, 0.4) is 0 Å². The lowest BCUT2D eigenvalue weighted by atomic mass is 10.1. The Kier molecular flexibility index (Phi) is 5.23. The van der Waals surface area contributed by atoms with E-state index in [1.807, 2.05) is 6.92 Å². The zero-order valence-electron chi connectivity index (χ0n) is 14.1. The van der Waals surface area contributed by atoms with E-state index >= 15 is 0 Å². The Morgan fingerprint density at radius 1 is 1.31 bits per heavy atom. The van der Waals surface area contributed by atoms with Crippen LogP contribution >= 0.6 is 11.6 Å². The average Bonchev–Trinajstić information content (AvgIpc) is 2.98. The monoisotopic (exact) mass is 375 g/mol. The first-order valence-corrected chi connectivity index (χ1v) is 8.18. The summed E-state index contributed by atoms with van der Waals surface area (Å²) in [5, 5.41) is 0.346. The van der Waals surface area contributed by atoms with Crippen molar-refractivity contribution < 1.29 is 23.4 Å². The van der Waals surface area contributed by atoms with Gasteiger partial charge in [-0.25, -0.2) is 14.2 Å². The van der Waals surface area contributed by atoms with E-state index < -0.39 is 11.8 Å². The highest BCUT2D eigenvalue weighted by molar-refractivity contribution is 6.32. The smallest absolute Gasteiger partial charge is 0.363 e. The van der Waals surface area contributed by atoms with Gasteiger partial charge in [-0.05, 0) is 48.9 Å². The highest BCUT2D eigenvalue weighted by Crippen LogP contribution is 2.37. The van der Waals surface area contributed by atoms with Gasteiger partial charge in [0.25, 0.3) is 0 Å². The fraction of sp³-hybridized carbons (Fsp3) is 0.158. The molecule has 0 saturated carbocycles. The van der Waals surface area contributed by atoms with E-state index in [0.29, 0.717) is 34.3 Å². The molecule has 1 aliphatic rings. The van der Waals surface area contributed by atoms with Crippen molar-refractivity contribution in [1.82, 2.24) is 0 Å². The minimum absolute atomic E-state index is 0.0461. The SMILES string of the molecule is CCOc1c(Cl)cc(/C=C2/N=C(c3cccc(F)c3)OC2=O)cc1OC. The van der Waals surface area contributed by atoms with Crippen LogP contribution in [0.2, 0.25) is 5.02 Å². The summed E-state index contributed by atoms with van der Waals surface area (Å²) in [4.78, 5) is 16.2. The summed E-state index contributed by atoms with van der Waals surface area (Å²) in [5.41, 5.74) is 1.04. The van der Waals surface area contributed by atoms with Crippen LogP contribution in [0.5, 0.6) is 11.5 Å². The van der Waals surface area contributed by atoms with Crippen LogP contribution in [-0.2, 0) is 9.53 Å². The first-order chi connectivity index (χ1) is 12.5. The molecule has 3 rings (SSSR count). The molecule has 0 aromatic heterocycles. The molecule has 134 valence electrons. The molecule has 0 radical (unpaired) electrons. The number of rotatable bonds is 5. The summed E-state index contributed by atoms with van der Waals surface area (Å²) in [7, 11) is 1.50. The first-order valence-electron chi connectivity index (χ1n) is 7.80. The Morgan fingerprint density at radius 2 is 2.12 bits per heavy atom. The van der Waals surface area contributed by atoms with Crippen molar-refractivity contribution in [3.63, 3.8) is 0 Å². The fourth-order valence-electron chi connectivity index (χ4n) is 2.42. The Hall–Kier alpha value is -2.86. The zero-order chi connectivity index (χ0) is 18.7. The van der Waals surface area contributed by atoms with Crippen molar-refractivity contribution in [2.24, 2.45) is 4.99 Å². The van der Waals surface area contributed by atoms with Gasteiger partial charge in [0.05, 0.1) is 18.7 Å². The number of aliphatic imine (C=N–C) groups is 1. The molecular weight excluding hydrogens is 361 g/mol. The van der Waals surface area contributed by atoms with E-state index in [1.54, 1.807) is 18.2 Å². The number of esters is 1. The van der Waals surface area contributed by atoms with E-state index in [2.05, 4.69) is 4.99 Å². The molecule has 0 bridgehead atoms. The van der Waals surface area contributed by atoms with Gasteiger partial charge >= 0.3 is 5.97 Å². The molecule has 1 heterocycles. The van der Waals surface area contributed by atoms with Crippen LogP contribution in [0, 0.1) is 5.82 Å². The van der Waals surface area contributed by atoms with Gasteiger partial charge in [-0.1, -0.05) is 17.7 Å². The molecule has 0 atom stereocenters. The normalized spacial score (nSPS) is 15.0. The summed E-state index contributed by atoms with van der Waals surface area (Å²) in [6.07, 6.45) is 1.51. The third-order valence-corrected chi connectivity index (χ3v) is 3.82. The molecule has 0 N–H and O–H groups in total. The van der Waals surface area contributed by atoms with Crippen molar-refractivity contribution in [3.05, 3.63) is 64.1 Å². The number of hydrogen-bond acceptors (Lipinski definition) is 5. The number of benzene rings is 2. The maximum atomic E-state index is 13.3. The molecule has 26 heavy (non-hydrogen) atoms. The molecule has 5 nitrogen and oxygen atoms in total. The van der Waals surface area contributed by atoms with Gasteiger partial charge in [0.2, 0.25) is 5.90 Å². The predicted molar refractivity (Wildman–Crippen MR) is 96.2 cm³/mol. The Morgan fingerprint density at radius 3 is 2.81 bits per heavy atom. The molecule has 0 spiro atoms. The Balaban J connectivity index is 1.97. The van der Waals surface area contributed by atoms with Gasteiger partial charge in [0.15, 0.2) is 17.2 Å². The summed E-state index contributed by atoms with van der Waals surface area (Å²) < 4.78 is 29.2. The maximum Gasteiger partial charge on any atom is 0.363 e. The highest BCUT2D eigenvalue weighted by Gasteiger charge is 2.24. The molecule has 0 amide bonds. The van der Waals surface area contributed by atoms with E-state index in [0.717, 1.165) is 0 Å². The van der Waals surface area contributed by atoms with Gasteiger partial charge < -0.3 is 14.2 Å². The molecule has 0 aliphatic carbocycles. The van der Waals surface area contributed by atoms with Crippen molar-refractivity contribution >= 4 is 29.5 Å². The number of methoxy groups -OCH3 is 1. The molecule has 0 unspecified atom stereocenters. The second-order valence-corrected chi connectivity index (χ2v) is 5.72. The van der Waals surface area contributed by atoms with E-state index in [4.69, 9.17) is 25.8 Å². The number of carbonyl (C=O) groups is 1. The van der Waals surface area contributed by atoms with Crippen molar-refractivity contribution in [1.29, 1.82) is 0 Å². The number of hydrogen-bond donors (Lipinski definition) is 0. The number of nitrogens with zero attached hydrogens (tertiary/aromatic N) is 1. The van der Waals surface area contributed by atoms with Crippen LogP contribution in [0.1, 0.15) is 18.1 Å². The third-order valence-electron chi connectivity index (χ3n) is 3.54. The lowest BCUT2D eigenvalue weighted by molar-refractivity contribution is -0.129. The Bertz CT molecular complexity index is 924. The second-order valence-electron chi connectivity index (χ2n) is 5.31. The number of cyclic esters (lactones) is 1. The quantitative estimate of drug-likeness (QED) is 0.579. The third kappa shape index (κ3) is 3.70. The second kappa shape index (κ2) is 7.58. The van der Waals surface area contributed by atoms with Crippen LogP contribution < -0.4 is 9.47 Å². The fourth-order valence-corrected chi connectivity index (χ4v) is 2.69. The molecular formula is C19H15ClFNO4. The predicted octanol–water partition coefficient (Wildman–Crippen LogP) is 4.23. The summed E-state index contributed by atoms with van der Waals surface area (Å²) in [6.45, 7) is 2.27. The lowest BCUT2D eigenvalue weighted by Crippen LogP contribution is -2.05. The van der Waals surface area contributed by atoms with Gasteiger partial charge in [-0.15, -0.1) is 0 Å². The molecule has 2 aromatic carbocycles. The number of ether oxygens (including phenoxy) is 3. The molecule has 1 aliphatic heterocycles. The van der Waals surface area contributed by atoms with E-state index in [1.165, 1.54) is 31.4 Å². The largest absolute Gasteiger partial charge is 0.493 e. The molecule has 0 saturated heterocycles. The summed E-state index contributed by atoms with van der Waals surface area (Å²) >= 11 is 6.23. The van der Waals surface area contributed by atoms with Gasteiger partial charge in [-0.3, -0.25) is 0 Å². The van der Waals surface area contributed by atoms with Crippen LogP contribution in [-0.4, -0.2) is 25.6 Å². The van der Waals surface area contributed by atoms with Gasteiger partial charge in [0, 0.05) is 5.56 Å². The Labute approximate surface area is 154 Å². The minimum Gasteiger partial charge on any atom is -0.493 e. The lowest BCUT2D eigenvalue weighted by Gasteiger charge is -2.11. The van der Waals surface area contributed by atoms with E-state index in [-0.39, 0.29) is 11.6 Å². The molecule has 7 heteroatoms. The van der Waals surface area contributed by atoms with Crippen LogP contribution in [0.25, 0.3) is 6.08 Å².